The number of halogens is 2. The van der Waals surface area contributed by atoms with Crippen molar-refractivity contribution in [2.45, 2.75) is 50.7 Å². The topological polar surface area (TPSA) is 126 Å². The minimum Gasteiger partial charge on any atom is -0.271 e. The van der Waals surface area contributed by atoms with Gasteiger partial charge in [0.15, 0.2) is 21.5 Å². The summed E-state index contributed by atoms with van der Waals surface area (Å²) < 4.78 is 52.3. The Hall–Kier alpha value is -3.67. The average molecular weight is 540 g/mol. The standard InChI is InChI=1S/C26H27F2N7O2S/c1-14(24-31-21(33-35-24)13-38(5,36)37)30-20(12-29-4)26-10-9-16(25(26,2)3)15-11-19(32-34-23(15)26)22-17(27)7-6-8-18(22)28/h6-8,11-12,16H,4,9-10,13H2,1-3,5H3,(H,31,33,35)/b20-12-,30-14+/t16-,26-/m0/s1. The number of aliphatic imine (C=N–C) groups is 2. The molecular weight excluding hydrogens is 512 g/mol. The molecule has 2 heterocycles. The highest BCUT2D eigenvalue weighted by Crippen LogP contribution is 2.70. The molecule has 2 bridgehead atoms. The molecule has 2 aromatic heterocycles. The molecule has 1 N–H and O–H groups in total. The zero-order valence-electron chi connectivity index (χ0n) is 21.5. The summed E-state index contributed by atoms with van der Waals surface area (Å²) in [4.78, 5) is 13.2. The van der Waals surface area contributed by atoms with Gasteiger partial charge in [-0.15, -0.1) is 5.10 Å². The van der Waals surface area contributed by atoms with Crippen LogP contribution in [0.15, 0.2) is 46.1 Å². The highest BCUT2D eigenvalue weighted by molar-refractivity contribution is 7.89. The number of aromatic amines is 1. The summed E-state index contributed by atoms with van der Waals surface area (Å²) in [6.45, 7) is 9.62. The number of H-pyrrole nitrogens is 1. The van der Waals surface area contributed by atoms with Gasteiger partial charge >= 0.3 is 0 Å². The van der Waals surface area contributed by atoms with Crippen molar-refractivity contribution < 1.29 is 17.2 Å². The summed E-state index contributed by atoms with van der Waals surface area (Å²) in [6.07, 6.45) is 4.23. The molecule has 2 aliphatic rings. The van der Waals surface area contributed by atoms with Gasteiger partial charge in [-0.2, -0.15) is 10.2 Å². The van der Waals surface area contributed by atoms with Gasteiger partial charge in [0.2, 0.25) is 0 Å². The number of rotatable bonds is 7. The molecule has 0 spiro atoms. The predicted molar refractivity (Wildman–Crippen MR) is 140 cm³/mol. The summed E-state index contributed by atoms with van der Waals surface area (Å²) in [6, 6.07) is 5.45. The minimum atomic E-state index is -3.30. The van der Waals surface area contributed by atoms with Crippen molar-refractivity contribution in [2.75, 3.05) is 6.26 Å². The molecule has 1 aromatic carbocycles. The number of nitrogens with one attached hydrogen (secondary N) is 1. The van der Waals surface area contributed by atoms with Gasteiger partial charge in [-0.1, -0.05) is 19.9 Å². The molecule has 38 heavy (non-hydrogen) atoms. The maximum atomic E-state index is 14.5. The first-order chi connectivity index (χ1) is 17.9. The van der Waals surface area contributed by atoms with Gasteiger partial charge in [0.25, 0.3) is 0 Å². The minimum absolute atomic E-state index is 0.0527. The Morgan fingerprint density at radius 2 is 1.97 bits per heavy atom. The molecular formula is C26H27F2N7O2S. The summed E-state index contributed by atoms with van der Waals surface area (Å²) in [5.41, 5.74) is 1.52. The lowest BCUT2D eigenvalue weighted by Gasteiger charge is -2.38. The Kier molecular flexibility index (Phi) is 6.13. The van der Waals surface area contributed by atoms with Crippen molar-refractivity contribution in [1.29, 1.82) is 0 Å². The third-order valence-electron chi connectivity index (χ3n) is 7.81. The van der Waals surface area contributed by atoms with Crippen LogP contribution in [-0.4, -0.2) is 52.5 Å². The summed E-state index contributed by atoms with van der Waals surface area (Å²) >= 11 is 0. The normalized spacial score (nSPS) is 22.5. The Balaban J connectivity index is 1.61. The van der Waals surface area contributed by atoms with Crippen LogP contribution < -0.4 is 0 Å². The maximum Gasteiger partial charge on any atom is 0.169 e. The van der Waals surface area contributed by atoms with Gasteiger partial charge in [-0.05, 0) is 61.6 Å². The number of sulfone groups is 1. The number of aromatic nitrogens is 5. The van der Waals surface area contributed by atoms with E-state index in [1.165, 1.54) is 18.2 Å². The molecule has 0 radical (unpaired) electrons. The van der Waals surface area contributed by atoms with E-state index < -0.39 is 26.9 Å². The van der Waals surface area contributed by atoms with Crippen LogP contribution in [0, 0.1) is 17.0 Å². The lowest BCUT2D eigenvalue weighted by atomic mass is 9.66. The van der Waals surface area contributed by atoms with E-state index >= 15 is 0 Å². The van der Waals surface area contributed by atoms with Gasteiger partial charge in [0.05, 0.1) is 33.8 Å². The number of hydrogen-bond acceptors (Lipinski definition) is 8. The number of allylic oxidation sites excluding steroid dienone is 1. The van der Waals surface area contributed by atoms with Gasteiger partial charge in [-0.25, -0.2) is 22.2 Å². The maximum absolute atomic E-state index is 14.5. The number of hydrogen-bond donors (Lipinski definition) is 1. The van der Waals surface area contributed by atoms with Crippen molar-refractivity contribution in [3.63, 3.8) is 0 Å². The fraction of sp³-hybridized carbons (Fsp3) is 0.385. The summed E-state index contributed by atoms with van der Waals surface area (Å²) in [7, 11) is -3.30. The van der Waals surface area contributed by atoms with Crippen LogP contribution in [-0.2, 0) is 21.0 Å². The van der Waals surface area contributed by atoms with E-state index in [4.69, 9.17) is 4.99 Å². The highest BCUT2D eigenvalue weighted by Gasteiger charge is 2.65. The van der Waals surface area contributed by atoms with Crippen molar-refractivity contribution >= 4 is 22.3 Å². The van der Waals surface area contributed by atoms with Crippen molar-refractivity contribution in [3.05, 3.63) is 70.7 Å². The van der Waals surface area contributed by atoms with Crippen LogP contribution in [0.25, 0.3) is 11.3 Å². The summed E-state index contributed by atoms with van der Waals surface area (Å²) in [5.74, 6) is -1.16. The molecule has 2 aliphatic carbocycles. The van der Waals surface area contributed by atoms with E-state index in [1.807, 2.05) is 0 Å². The second kappa shape index (κ2) is 8.97. The van der Waals surface area contributed by atoms with Crippen LogP contribution in [0.3, 0.4) is 0 Å². The highest BCUT2D eigenvalue weighted by atomic mass is 32.2. The molecule has 198 valence electrons. The number of nitrogens with zero attached hydrogens (tertiary/aromatic N) is 6. The van der Waals surface area contributed by atoms with E-state index in [-0.39, 0.29) is 34.2 Å². The van der Waals surface area contributed by atoms with Crippen LogP contribution >= 0.6 is 0 Å². The third-order valence-corrected chi connectivity index (χ3v) is 8.59. The molecule has 5 rings (SSSR count). The SMILES string of the molecule is C=N/C=C(\N=C(/C)c1nc(CS(C)(=O)=O)n[nH]1)[C@@]12CC[C@@H](c3cc(-c4c(F)cccc4F)nnc31)C2(C)C. The molecule has 2 atom stereocenters. The lowest BCUT2D eigenvalue weighted by molar-refractivity contribution is 0.241. The molecule has 1 saturated carbocycles. The van der Waals surface area contributed by atoms with E-state index in [0.717, 1.165) is 18.2 Å². The first-order valence-electron chi connectivity index (χ1n) is 12.0. The third kappa shape index (κ3) is 3.98. The van der Waals surface area contributed by atoms with Crippen molar-refractivity contribution in [1.82, 2.24) is 25.4 Å². The fourth-order valence-electron chi connectivity index (χ4n) is 6.07. The van der Waals surface area contributed by atoms with Crippen LogP contribution in [0.1, 0.15) is 62.4 Å². The van der Waals surface area contributed by atoms with E-state index in [2.05, 4.69) is 50.9 Å². The van der Waals surface area contributed by atoms with Crippen LogP contribution in [0.2, 0.25) is 0 Å². The van der Waals surface area contributed by atoms with Gasteiger partial charge in [-0.3, -0.25) is 15.1 Å². The fourth-order valence-corrected chi connectivity index (χ4v) is 6.67. The monoisotopic (exact) mass is 539 g/mol. The zero-order valence-corrected chi connectivity index (χ0v) is 22.3. The Morgan fingerprint density at radius 3 is 2.63 bits per heavy atom. The molecule has 0 unspecified atom stereocenters. The van der Waals surface area contributed by atoms with Gasteiger partial charge < -0.3 is 0 Å². The Bertz CT molecular complexity index is 1610. The summed E-state index contributed by atoms with van der Waals surface area (Å²) in [5, 5.41) is 15.5. The first-order valence-corrected chi connectivity index (χ1v) is 14.1. The Labute approximate surface area is 219 Å². The number of fused-ring (bicyclic) bond motifs is 5. The molecule has 1 fully saturated rings. The van der Waals surface area contributed by atoms with Crippen molar-refractivity contribution in [3.8, 4) is 11.3 Å². The first kappa shape index (κ1) is 26.0. The largest absolute Gasteiger partial charge is 0.271 e. The second-order valence-corrected chi connectivity index (χ2v) is 12.6. The van der Waals surface area contributed by atoms with E-state index in [1.54, 1.807) is 19.2 Å². The molecule has 12 heteroatoms. The second-order valence-electron chi connectivity index (χ2n) is 10.4. The lowest BCUT2D eigenvalue weighted by Crippen LogP contribution is -2.37. The molecule has 0 amide bonds. The Morgan fingerprint density at radius 1 is 1.26 bits per heavy atom. The molecule has 3 aromatic rings. The van der Waals surface area contributed by atoms with E-state index in [0.29, 0.717) is 29.3 Å². The quantitative estimate of drug-likeness (QED) is 0.447. The van der Waals surface area contributed by atoms with Crippen LogP contribution in [0.5, 0.6) is 0 Å². The van der Waals surface area contributed by atoms with Crippen LogP contribution in [0.4, 0.5) is 8.78 Å². The van der Waals surface area contributed by atoms with Gasteiger partial charge in [0, 0.05) is 12.5 Å². The molecule has 0 aliphatic heterocycles. The van der Waals surface area contributed by atoms with Crippen molar-refractivity contribution in [2.24, 2.45) is 15.4 Å². The predicted octanol–water partition coefficient (Wildman–Crippen LogP) is 4.29. The number of benzene rings is 1. The average Bonchev–Trinajstić information content (AvgIpc) is 3.45. The zero-order chi connectivity index (χ0) is 27.5. The van der Waals surface area contributed by atoms with Gasteiger partial charge in [0.1, 0.15) is 17.4 Å². The smallest absolute Gasteiger partial charge is 0.169 e. The molecule has 9 nitrogen and oxygen atoms in total. The molecule has 0 saturated heterocycles. The van der Waals surface area contributed by atoms with E-state index in [9.17, 15) is 17.2 Å².